The van der Waals surface area contributed by atoms with E-state index >= 15 is 0 Å². The third kappa shape index (κ3) is 10.6. The molecule has 0 saturated heterocycles. The number of carboxylic acids is 1. The number of alkyl halides is 7. The molecule has 0 aliphatic heterocycles. The molecule has 3 N–H and O–H groups in total. The highest BCUT2D eigenvalue weighted by molar-refractivity contribution is 5.76. The molecule has 6 nitrogen and oxygen atoms in total. The minimum Gasteiger partial charge on any atom is -0.481 e. The first-order valence-corrected chi connectivity index (χ1v) is 13.7. The molecule has 0 heterocycles. The highest BCUT2D eigenvalue weighted by Gasteiger charge is 2.45. The van der Waals surface area contributed by atoms with Gasteiger partial charge in [-0.1, -0.05) is 61.0 Å². The molecule has 2 amide bonds. The molecule has 0 fully saturated rings. The summed E-state index contributed by atoms with van der Waals surface area (Å²) >= 11 is 0. The molecule has 14 heteroatoms. The number of nitrogens with one attached hydrogen (secondary N) is 2. The highest BCUT2D eigenvalue weighted by atomic mass is 19.4. The first-order valence-electron chi connectivity index (χ1n) is 13.7. The summed E-state index contributed by atoms with van der Waals surface area (Å²) in [5.41, 5.74) is -0.885. The van der Waals surface area contributed by atoms with Crippen molar-refractivity contribution in [2.75, 3.05) is 6.54 Å². The van der Waals surface area contributed by atoms with E-state index in [1.807, 2.05) is 0 Å². The molecule has 0 bridgehead atoms. The fraction of sp³-hybridized carbons (Fsp3) is 0.355. The molecular formula is C31H30F8N2O4. The molecule has 0 aliphatic rings. The summed E-state index contributed by atoms with van der Waals surface area (Å²) in [6.45, 7) is -1.73. The van der Waals surface area contributed by atoms with Gasteiger partial charge in [-0.2, -0.15) is 30.7 Å². The van der Waals surface area contributed by atoms with Gasteiger partial charge in [0.1, 0.15) is 18.1 Å². The molecule has 45 heavy (non-hydrogen) atoms. The number of benzene rings is 3. The Labute approximate surface area is 253 Å². The monoisotopic (exact) mass is 646 g/mol. The molecule has 0 aliphatic carbocycles. The first kappa shape index (κ1) is 35.1. The SMILES string of the molecule is O=C(O)CCCCCc1cccc(C(Cc2ccccc2)(NC(=O)NCC(F)(F)F)c2cc(F)cc(OC(F)(F)C(F)F)c2)c1. The number of urea groups is 1. The van der Waals surface area contributed by atoms with Crippen molar-refractivity contribution in [3.05, 3.63) is 101 Å². The number of aliphatic carboxylic acids is 1. The van der Waals surface area contributed by atoms with Crippen molar-refractivity contribution in [1.82, 2.24) is 10.6 Å². The van der Waals surface area contributed by atoms with Gasteiger partial charge in [0.15, 0.2) is 0 Å². The molecule has 0 radical (unpaired) electrons. The summed E-state index contributed by atoms with van der Waals surface area (Å²) in [6, 6.07) is 15.2. The Kier molecular flexibility index (Phi) is 11.8. The van der Waals surface area contributed by atoms with Crippen molar-refractivity contribution >= 4 is 12.0 Å². The van der Waals surface area contributed by atoms with Crippen molar-refractivity contribution < 1.29 is 54.6 Å². The predicted molar refractivity (Wildman–Crippen MR) is 148 cm³/mol. The van der Waals surface area contributed by atoms with Gasteiger partial charge in [0, 0.05) is 18.9 Å². The Balaban J connectivity index is 2.17. The zero-order valence-corrected chi connectivity index (χ0v) is 23.7. The maximum Gasteiger partial charge on any atom is 0.461 e. The lowest BCUT2D eigenvalue weighted by Crippen LogP contribution is -2.53. The molecular weight excluding hydrogens is 616 g/mol. The lowest BCUT2D eigenvalue weighted by Gasteiger charge is -2.37. The van der Waals surface area contributed by atoms with E-state index < -0.39 is 54.4 Å². The molecule has 0 spiro atoms. The number of halogens is 8. The van der Waals surface area contributed by atoms with Gasteiger partial charge in [0.05, 0.1) is 5.54 Å². The third-order valence-corrected chi connectivity index (χ3v) is 6.74. The van der Waals surface area contributed by atoms with E-state index in [1.165, 1.54) is 6.07 Å². The standard InChI is InChI=1S/C31H30F8N2O4/c32-24-15-23(16-25(17-24)45-31(38,39)27(33)34)29(18-21-9-4-1-5-10-21,41-28(44)40-19-30(35,36)37)22-12-7-11-20(14-22)8-3-2-6-13-26(42)43/h1,4-5,7,9-12,14-17,27H,2-3,6,8,13,18-19H2,(H,42,43)(H2,40,41,44). The van der Waals surface area contributed by atoms with Crippen LogP contribution in [0.1, 0.15) is 47.9 Å². The van der Waals surface area contributed by atoms with Crippen molar-refractivity contribution in [2.24, 2.45) is 0 Å². The zero-order valence-electron chi connectivity index (χ0n) is 23.7. The normalized spacial score (nSPS) is 13.3. The van der Waals surface area contributed by atoms with Gasteiger partial charge in [0.2, 0.25) is 0 Å². The van der Waals surface area contributed by atoms with Gasteiger partial charge < -0.3 is 20.5 Å². The van der Waals surface area contributed by atoms with Crippen LogP contribution in [0.5, 0.6) is 5.75 Å². The number of carbonyl (C=O) groups is 2. The van der Waals surface area contributed by atoms with Crippen molar-refractivity contribution in [2.45, 2.75) is 62.8 Å². The summed E-state index contributed by atoms with van der Waals surface area (Å²) in [7, 11) is 0. The van der Waals surface area contributed by atoms with Crippen molar-refractivity contribution in [1.29, 1.82) is 0 Å². The quantitative estimate of drug-likeness (QED) is 0.117. The van der Waals surface area contributed by atoms with E-state index in [4.69, 9.17) is 5.11 Å². The number of aryl methyl sites for hydroxylation is 1. The average Bonchev–Trinajstić information content (AvgIpc) is 2.95. The lowest BCUT2D eigenvalue weighted by molar-refractivity contribution is -0.253. The van der Waals surface area contributed by atoms with Gasteiger partial charge in [-0.05, 0) is 53.6 Å². The Morgan fingerprint density at radius 2 is 1.51 bits per heavy atom. The molecule has 3 rings (SSSR count). The minimum atomic E-state index is -5.01. The zero-order chi connectivity index (χ0) is 33.3. The van der Waals surface area contributed by atoms with Crippen LogP contribution in [0.15, 0.2) is 72.8 Å². The molecule has 0 aromatic heterocycles. The van der Waals surface area contributed by atoms with Crippen LogP contribution in [-0.4, -0.2) is 42.4 Å². The number of hydrogen-bond donors (Lipinski definition) is 3. The Morgan fingerprint density at radius 3 is 2.16 bits per heavy atom. The number of hydrogen-bond acceptors (Lipinski definition) is 3. The summed E-state index contributed by atoms with van der Waals surface area (Å²) in [5.74, 6) is -3.17. The van der Waals surface area contributed by atoms with Gasteiger partial charge in [-0.3, -0.25) is 4.79 Å². The maximum absolute atomic E-state index is 15.0. The largest absolute Gasteiger partial charge is 0.481 e. The molecule has 3 aromatic carbocycles. The molecule has 1 unspecified atom stereocenters. The maximum atomic E-state index is 15.0. The number of carbonyl (C=O) groups excluding carboxylic acids is 1. The second-order valence-electron chi connectivity index (χ2n) is 10.3. The third-order valence-electron chi connectivity index (χ3n) is 6.74. The van der Waals surface area contributed by atoms with E-state index in [2.05, 4.69) is 10.1 Å². The molecule has 0 saturated carbocycles. The second-order valence-corrected chi connectivity index (χ2v) is 10.3. The van der Waals surface area contributed by atoms with E-state index in [1.54, 1.807) is 53.8 Å². The van der Waals surface area contributed by atoms with Crippen molar-refractivity contribution in [3.8, 4) is 5.75 Å². The van der Waals surface area contributed by atoms with Crippen LogP contribution in [0.3, 0.4) is 0 Å². The fourth-order valence-corrected chi connectivity index (χ4v) is 4.72. The van der Waals surface area contributed by atoms with Crippen LogP contribution >= 0.6 is 0 Å². The van der Waals surface area contributed by atoms with Crippen LogP contribution in [0.25, 0.3) is 0 Å². The van der Waals surface area contributed by atoms with E-state index in [0.717, 1.165) is 12.1 Å². The lowest BCUT2D eigenvalue weighted by atomic mass is 9.77. The summed E-state index contributed by atoms with van der Waals surface area (Å²) < 4.78 is 112. The Hall–Kier alpha value is -4.36. The molecule has 3 aromatic rings. The first-order chi connectivity index (χ1) is 21.1. The van der Waals surface area contributed by atoms with Crippen molar-refractivity contribution in [3.63, 3.8) is 0 Å². The Bertz CT molecular complexity index is 1440. The number of amides is 2. The highest BCUT2D eigenvalue weighted by Crippen LogP contribution is 2.38. The summed E-state index contributed by atoms with van der Waals surface area (Å²) in [5, 5.41) is 13.0. The van der Waals surface area contributed by atoms with Crippen LogP contribution in [0.4, 0.5) is 39.9 Å². The van der Waals surface area contributed by atoms with Crippen LogP contribution in [-0.2, 0) is 23.2 Å². The van der Waals surface area contributed by atoms with E-state index in [9.17, 15) is 44.7 Å². The van der Waals surface area contributed by atoms with Gasteiger partial charge in [-0.15, -0.1) is 0 Å². The van der Waals surface area contributed by atoms with E-state index in [-0.39, 0.29) is 24.0 Å². The van der Waals surface area contributed by atoms with Crippen LogP contribution in [0.2, 0.25) is 0 Å². The summed E-state index contributed by atoms with van der Waals surface area (Å²) in [4.78, 5) is 23.8. The predicted octanol–water partition coefficient (Wildman–Crippen LogP) is 7.60. The van der Waals surface area contributed by atoms with Crippen LogP contribution in [0, 0.1) is 5.82 Å². The smallest absolute Gasteiger partial charge is 0.461 e. The number of ether oxygens (including phenoxy) is 1. The van der Waals surface area contributed by atoms with Gasteiger partial charge in [-0.25, -0.2) is 9.18 Å². The average molecular weight is 647 g/mol. The van der Waals surface area contributed by atoms with Crippen LogP contribution < -0.4 is 15.4 Å². The summed E-state index contributed by atoms with van der Waals surface area (Å²) in [6.07, 6.45) is -12.4. The number of carboxylic acid groups (broad SMARTS) is 1. The number of unbranched alkanes of at least 4 members (excludes halogenated alkanes) is 2. The minimum absolute atomic E-state index is 0.0221. The van der Waals surface area contributed by atoms with Gasteiger partial charge >= 0.3 is 30.7 Å². The topological polar surface area (TPSA) is 87.7 Å². The molecule has 1 atom stereocenters. The number of rotatable bonds is 15. The fourth-order valence-electron chi connectivity index (χ4n) is 4.72. The van der Waals surface area contributed by atoms with E-state index in [0.29, 0.717) is 42.9 Å². The Morgan fingerprint density at radius 1 is 0.822 bits per heavy atom. The second kappa shape index (κ2) is 15.1. The molecule has 244 valence electrons. The van der Waals surface area contributed by atoms with Gasteiger partial charge in [0.25, 0.3) is 0 Å².